The third kappa shape index (κ3) is 3.43. The van der Waals surface area contributed by atoms with Crippen LogP contribution in [0, 0.1) is 0 Å². The second kappa shape index (κ2) is 6.42. The van der Waals surface area contributed by atoms with Crippen molar-refractivity contribution in [2.45, 2.75) is 6.92 Å². The molecule has 0 atom stereocenters. The van der Waals surface area contributed by atoms with Gasteiger partial charge in [0.25, 0.3) is 0 Å². The Morgan fingerprint density at radius 3 is 2.77 bits per heavy atom. The Balaban J connectivity index is 1.97. The lowest BCUT2D eigenvalue weighted by Gasteiger charge is -2.05. The summed E-state index contributed by atoms with van der Waals surface area (Å²) in [6.45, 7) is 1.39. The minimum atomic E-state index is -0.348. The summed E-state index contributed by atoms with van der Waals surface area (Å²) in [7, 11) is 0. The normalized spacial score (nSPS) is 11.2. The number of halogens is 1. The van der Waals surface area contributed by atoms with Gasteiger partial charge in [-0.3, -0.25) is 4.79 Å². The van der Waals surface area contributed by atoms with Crippen LogP contribution in [0.5, 0.6) is 5.75 Å². The lowest BCUT2D eigenvalue weighted by Crippen LogP contribution is -2.02. The highest BCUT2D eigenvalue weighted by molar-refractivity contribution is 9.11. The van der Waals surface area contributed by atoms with Gasteiger partial charge in [-0.1, -0.05) is 18.2 Å². The van der Waals surface area contributed by atoms with E-state index < -0.39 is 0 Å². The molecular formula is C17H12BrNO2S. The molecule has 0 radical (unpaired) electrons. The number of nitrogens with zero attached hydrogens (tertiary/aromatic N) is 1. The van der Waals surface area contributed by atoms with Crippen LogP contribution in [0.1, 0.15) is 17.5 Å². The van der Waals surface area contributed by atoms with Crippen molar-refractivity contribution in [1.82, 2.24) is 4.98 Å². The molecule has 3 nitrogen and oxygen atoms in total. The van der Waals surface area contributed by atoms with Crippen LogP contribution >= 0.6 is 27.3 Å². The zero-order valence-electron chi connectivity index (χ0n) is 11.7. The molecular weight excluding hydrogens is 362 g/mol. The molecule has 0 amide bonds. The number of fused-ring (bicyclic) bond motifs is 1. The van der Waals surface area contributed by atoms with Crippen LogP contribution in [0.15, 0.2) is 46.3 Å². The average molecular weight is 374 g/mol. The Morgan fingerprint density at radius 2 is 2.05 bits per heavy atom. The molecule has 0 saturated carbocycles. The zero-order chi connectivity index (χ0) is 15.5. The Morgan fingerprint density at radius 1 is 1.18 bits per heavy atom. The van der Waals surface area contributed by atoms with E-state index in [-0.39, 0.29) is 5.97 Å². The molecule has 3 rings (SSSR count). The van der Waals surface area contributed by atoms with E-state index in [2.05, 4.69) is 20.9 Å². The number of pyridine rings is 1. The maximum Gasteiger partial charge on any atom is 0.308 e. The SMILES string of the molecule is CC(=O)Oc1cccc2ccc(C=Cc3ccc(Br)s3)nc12. The molecule has 22 heavy (non-hydrogen) atoms. The second-order valence-corrected chi connectivity index (χ2v) is 7.13. The molecule has 0 saturated heterocycles. The van der Waals surface area contributed by atoms with Crippen LogP contribution in [0.2, 0.25) is 0 Å². The predicted molar refractivity (Wildman–Crippen MR) is 94.0 cm³/mol. The van der Waals surface area contributed by atoms with E-state index in [0.29, 0.717) is 11.3 Å². The van der Waals surface area contributed by atoms with E-state index in [0.717, 1.165) is 19.7 Å². The number of hydrogen-bond donors (Lipinski definition) is 0. The van der Waals surface area contributed by atoms with Crippen LogP contribution in [0.4, 0.5) is 0 Å². The summed E-state index contributed by atoms with van der Waals surface area (Å²) in [5.41, 5.74) is 1.50. The average Bonchev–Trinajstić information content (AvgIpc) is 2.91. The number of hydrogen-bond acceptors (Lipinski definition) is 4. The molecule has 1 aromatic carbocycles. The smallest absolute Gasteiger partial charge is 0.308 e. The number of aromatic nitrogens is 1. The van der Waals surface area contributed by atoms with Gasteiger partial charge in [-0.2, -0.15) is 0 Å². The molecule has 0 spiro atoms. The first-order chi connectivity index (χ1) is 10.6. The van der Waals surface area contributed by atoms with Crippen molar-refractivity contribution in [2.75, 3.05) is 0 Å². The first-order valence-electron chi connectivity index (χ1n) is 6.63. The van der Waals surface area contributed by atoms with E-state index in [4.69, 9.17) is 4.74 Å². The summed E-state index contributed by atoms with van der Waals surface area (Å²) in [4.78, 5) is 16.9. The van der Waals surface area contributed by atoms with E-state index in [1.165, 1.54) is 6.92 Å². The maximum atomic E-state index is 11.2. The minimum absolute atomic E-state index is 0.348. The van der Waals surface area contributed by atoms with Crippen LogP contribution in [0.3, 0.4) is 0 Å². The van der Waals surface area contributed by atoms with Crippen LogP contribution in [0.25, 0.3) is 23.1 Å². The molecule has 0 N–H and O–H groups in total. The largest absolute Gasteiger partial charge is 0.424 e. The van der Waals surface area contributed by atoms with Crippen molar-refractivity contribution in [3.8, 4) is 5.75 Å². The van der Waals surface area contributed by atoms with Crippen molar-refractivity contribution >= 4 is 56.3 Å². The van der Waals surface area contributed by atoms with Gasteiger partial charge in [0, 0.05) is 17.2 Å². The summed E-state index contributed by atoms with van der Waals surface area (Å²) in [5, 5.41) is 0.940. The fourth-order valence-corrected chi connectivity index (χ4v) is 3.38. The van der Waals surface area contributed by atoms with Crippen LogP contribution in [-0.2, 0) is 4.79 Å². The summed E-state index contributed by atoms with van der Waals surface area (Å²) in [5.74, 6) is 0.137. The van der Waals surface area contributed by atoms with E-state index >= 15 is 0 Å². The number of ether oxygens (including phenoxy) is 1. The van der Waals surface area contributed by atoms with E-state index in [1.807, 2.05) is 48.6 Å². The number of carbonyl (C=O) groups is 1. The summed E-state index contributed by atoms with van der Waals surface area (Å²) < 4.78 is 6.31. The first-order valence-corrected chi connectivity index (χ1v) is 8.24. The molecule has 110 valence electrons. The van der Waals surface area contributed by atoms with Gasteiger partial charge in [0.05, 0.1) is 9.48 Å². The number of rotatable bonds is 3. The summed E-state index contributed by atoms with van der Waals surface area (Å²) in [6.07, 6.45) is 3.96. The number of benzene rings is 1. The molecule has 0 aliphatic rings. The number of esters is 1. The van der Waals surface area contributed by atoms with Crippen molar-refractivity contribution in [3.05, 3.63) is 56.8 Å². The Kier molecular flexibility index (Phi) is 4.36. The quantitative estimate of drug-likeness (QED) is 0.470. The fraction of sp³-hybridized carbons (Fsp3) is 0.0588. The van der Waals surface area contributed by atoms with Gasteiger partial charge >= 0.3 is 5.97 Å². The van der Waals surface area contributed by atoms with Gasteiger partial charge in [0.1, 0.15) is 5.52 Å². The third-order valence-corrected chi connectivity index (χ3v) is 4.56. The molecule has 3 aromatic rings. The van der Waals surface area contributed by atoms with Crippen molar-refractivity contribution in [1.29, 1.82) is 0 Å². The molecule has 0 aliphatic heterocycles. The highest BCUT2D eigenvalue weighted by atomic mass is 79.9. The molecule has 0 fully saturated rings. The Bertz CT molecular complexity index is 870. The van der Waals surface area contributed by atoms with E-state index in [9.17, 15) is 4.79 Å². The van der Waals surface area contributed by atoms with Crippen LogP contribution in [-0.4, -0.2) is 11.0 Å². The van der Waals surface area contributed by atoms with E-state index in [1.54, 1.807) is 17.4 Å². The van der Waals surface area contributed by atoms with Gasteiger partial charge in [0.15, 0.2) is 5.75 Å². The lowest BCUT2D eigenvalue weighted by atomic mass is 10.2. The van der Waals surface area contributed by atoms with Crippen LogP contribution < -0.4 is 4.74 Å². The minimum Gasteiger partial charge on any atom is -0.424 e. The molecule has 0 bridgehead atoms. The molecule has 2 heterocycles. The first kappa shape index (κ1) is 14.9. The summed E-state index contributed by atoms with van der Waals surface area (Å²) in [6, 6.07) is 13.5. The van der Waals surface area contributed by atoms with Gasteiger partial charge in [-0.15, -0.1) is 11.3 Å². The van der Waals surface area contributed by atoms with Gasteiger partial charge in [-0.25, -0.2) is 4.98 Å². The standard InChI is InChI=1S/C17H12BrNO2S/c1-11(20)21-15-4-2-3-12-5-6-13(19-17(12)15)7-8-14-9-10-16(18)22-14/h2-10H,1H3. The van der Waals surface area contributed by atoms with Crippen molar-refractivity contribution in [3.63, 3.8) is 0 Å². The van der Waals surface area contributed by atoms with Gasteiger partial charge < -0.3 is 4.74 Å². The highest BCUT2D eigenvalue weighted by Gasteiger charge is 2.06. The Hall–Kier alpha value is -1.98. The monoisotopic (exact) mass is 373 g/mol. The lowest BCUT2D eigenvalue weighted by molar-refractivity contribution is -0.131. The zero-order valence-corrected chi connectivity index (χ0v) is 14.1. The number of carbonyl (C=O) groups excluding carboxylic acids is 1. The van der Waals surface area contributed by atoms with Gasteiger partial charge in [-0.05, 0) is 52.3 Å². The highest BCUT2D eigenvalue weighted by Crippen LogP contribution is 2.26. The molecule has 0 unspecified atom stereocenters. The molecule has 2 aromatic heterocycles. The van der Waals surface area contributed by atoms with Gasteiger partial charge in [0.2, 0.25) is 0 Å². The molecule has 0 aliphatic carbocycles. The third-order valence-electron chi connectivity index (χ3n) is 2.97. The number of para-hydroxylation sites is 1. The second-order valence-electron chi connectivity index (χ2n) is 4.63. The molecule has 5 heteroatoms. The van der Waals surface area contributed by atoms with Crippen molar-refractivity contribution < 1.29 is 9.53 Å². The predicted octanol–water partition coefficient (Wildman–Crippen LogP) is 5.15. The Labute approximate surface area is 140 Å². The topological polar surface area (TPSA) is 39.2 Å². The fourth-order valence-electron chi connectivity index (χ4n) is 2.05. The maximum absolute atomic E-state index is 11.2. The number of thiophene rings is 1. The van der Waals surface area contributed by atoms with Crippen molar-refractivity contribution in [2.24, 2.45) is 0 Å². The summed E-state index contributed by atoms with van der Waals surface area (Å²) >= 11 is 5.10.